The lowest BCUT2D eigenvalue weighted by Crippen LogP contribution is -2.35. The Bertz CT molecular complexity index is 921. The number of aromatic nitrogens is 5. The van der Waals surface area contributed by atoms with Crippen molar-refractivity contribution in [2.75, 3.05) is 18.0 Å². The van der Waals surface area contributed by atoms with Gasteiger partial charge in [0.2, 0.25) is 0 Å². The Morgan fingerprint density at radius 3 is 2.92 bits per heavy atom. The molecule has 0 bridgehead atoms. The minimum Gasteiger partial charge on any atom is -0.347 e. The van der Waals surface area contributed by atoms with Crippen LogP contribution in [-0.2, 0) is 7.05 Å². The number of fused-ring (bicyclic) bond motifs is 1. The number of H-pyrrole nitrogens is 1. The first kappa shape index (κ1) is 15.3. The van der Waals surface area contributed by atoms with Crippen molar-refractivity contribution in [3.8, 4) is 0 Å². The van der Waals surface area contributed by atoms with Gasteiger partial charge in [-0.3, -0.25) is 4.79 Å². The molecule has 0 saturated carbocycles. The van der Waals surface area contributed by atoms with Crippen molar-refractivity contribution in [3.05, 3.63) is 33.6 Å². The highest BCUT2D eigenvalue weighted by atomic mass is 32.1. The van der Waals surface area contributed by atoms with E-state index in [9.17, 15) is 4.79 Å². The Hall–Kier alpha value is -2.22. The SMILES string of the molecule is Cc1nc(C2CCCN(c3nc4c(s3)c(C)nn4C)C2)cc(=O)[nH]1. The van der Waals surface area contributed by atoms with E-state index < -0.39 is 0 Å². The number of nitrogens with zero attached hydrogens (tertiary/aromatic N) is 5. The second-order valence-corrected chi connectivity index (χ2v) is 7.38. The minimum absolute atomic E-state index is 0.0729. The maximum atomic E-state index is 11.7. The van der Waals surface area contributed by atoms with Crippen LogP contribution in [0.5, 0.6) is 0 Å². The highest BCUT2D eigenvalue weighted by Crippen LogP contribution is 2.34. The first-order chi connectivity index (χ1) is 11.5. The van der Waals surface area contributed by atoms with E-state index in [1.165, 1.54) is 0 Å². The van der Waals surface area contributed by atoms with Crippen molar-refractivity contribution in [2.45, 2.75) is 32.6 Å². The summed E-state index contributed by atoms with van der Waals surface area (Å²) < 4.78 is 2.99. The first-order valence-electron chi connectivity index (χ1n) is 8.14. The number of anilines is 1. The summed E-state index contributed by atoms with van der Waals surface area (Å²) in [5, 5.41) is 5.45. The summed E-state index contributed by atoms with van der Waals surface area (Å²) in [5.41, 5.74) is 2.78. The highest BCUT2D eigenvalue weighted by molar-refractivity contribution is 7.22. The van der Waals surface area contributed by atoms with Gasteiger partial charge in [-0.15, -0.1) is 0 Å². The zero-order valence-corrected chi connectivity index (χ0v) is 14.9. The van der Waals surface area contributed by atoms with Crippen molar-refractivity contribution in [1.29, 1.82) is 0 Å². The summed E-state index contributed by atoms with van der Waals surface area (Å²) in [5.74, 6) is 0.947. The normalized spacial score (nSPS) is 18.5. The predicted octanol–water partition coefficient (Wildman–Crippen LogP) is 2.11. The fourth-order valence-electron chi connectivity index (χ4n) is 3.41. The van der Waals surface area contributed by atoms with E-state index in [2.05, 4.69) is 20.0 Å². The van der Waals surface area contributed by atoms with Crippen LogP contribution in [0.2, 0.25) is 0 Å². The van der Waals surface area contributed by atoms with Gasteiger partial charge in [0.05, 0.1) is 16.1 Å². The number of rotatable bonds is 2. The molecular formula is C16H20N6OS. The van der Waals surface area contributed by atoms with Gasteiger partial charge in [0.25, 0.3) is 5.56 Å². The standard InChI is InChI=1S/C16H20N6OS/c1-9-14-15(21(3)20-9)19-16(24-14)22-6-4-5-11(8-22)12-7-13(23)18-10(2)17-12/h7,11H,4-6,8H2,1-3H3,(H,17,18,23). The number of aromatic amines is 1. The van der Waals surface area contributed by atoms with E-state index in [0.29, 0.717) is 5.82 Å². The van der Waals surface area contributed by atoms with Gasteiger partial charge in [-0.25, -0.2) is 14.6 Å². The zero-order valence-electron chi connectivity index (χ0n) is 14.0. The number of aryl methyl sites for hydroxylation is 3. The van der Waals surface area contributed by atoms with E-state index in [-0.39, 0.29) is 11.5 Å². The van der Waals surface area contributed by atoms with E-state index in [1.54, 1.807) is 17.4 Å². The zero-order chi connectivity index (χ0) is 16.8. The predicted molar refractivity (Wildman–Crippen MR) is 94.9 cm³/mol. The maximum absolute atomic E-state index is 11.7. The molecule has 24 heavy (non-hydrogen) atoms. The van der Waals surface area contributed by atoms with E-state index in [4.69, 9.17) is 4.98 Å². The third kappa shape index (κ3) is 2.60. The van der Waals surface area contributed by atoms with Crippen molar-refractivity contribution >= 4 is 26.8 Å². The molecule has 3 aromatic rings. The fraction of sp³-hybridized carbons (Fsp3) is 0.500. The Morgan fingerprint density at radius 1 is 1.33 bits per heavy atom. The largest absolute Gasteiger partial charge is 0.347 e. The minimum atomic E-state index is -0.0729. The molecule has 0 radical (unpaired) electrons. The highest BCUT2D eigenvalue weighted by Gasteiger charge is 2.26. The number of hydrogen-bond donors (Lipinski definition) is 1. The molecule has 1 fully saturated rings. The first-order valence-corrected chi connectivity index (χ1v) is 8.96. The van der Waals surface area contributed by atoms with Crippen LogP contribution in [0.15, 0.2) is 10.9 Å². The summed E-state index contributed by atoms with van der Waals surface area (Å²) >= 11 is 1.70. The molecule has 4 heterocycles. The summed E-state index contributed by atoms with van der Waals surface area (Å²) in [6.45, 7) is 5.69. The lowest BCUT2D eigenvalue weighted by molar-refractivity contribution is 0.499. The molecule has 4 rings (SSSR count). The van der Waals surface area contributed by atoms with Crippen LogP contribution in [0, 0.1) is 13.8 Å². The van der Waals surface area contributed by atoms with Crippen LogP contribution < -0.4 is 10.5 Å². The Labute approximate surface area is 143 Å². The van der Waals surface area contributed by atoms with Gasteiger partial charge >= 0.3 is 0 Å². The molecule has 1 saturated heterocycles. The molecular weight excluding hydrogens is 324 g/mol. The molecule has 1 N–H and O–H groups in total. The quantitative estimate of drug-likeness (QED) is 0.770. The van der Waals surface area contributed by atoms with Crippen molar-refractivity contribution in [3.63, 3.8) is 0 Å². The van der Waals surface area contributed by atoms with Crippen molar-refractivity contribution in [1.82, 2.24) is 24.7 Å². The van der Waals surface area contributed by atoms with Gasteiger partial charge < -0.3 is 9.88 Å². The number of thiazole rings is 1. The van der Waals surface area contributed by atoms with Gasteiger partial charge in [-0.2, -0.15) is 5.10 Å². The topological polar surface area (TPSA) is 79.7 Å². The average molecular weight is 344 g/mol. The fourth-order valence-corrected chi connectivity index (χ4v) is 4.48. The molecule has 1 aliphatic heterocycles. The molecule has 1 aliphatic rings. The molecule has 7 nitrogen and oxygen atoms in total. The number of piperidine rings is 1. The third-order valence-corrected chi connectivity index (χ3v) is 5.74. The van der Waals surface area contributed by atoms with E-state index in [1.807, 2.05) is 25.6 Å². The van der Waals surface area contributed by atoms with E-state index in [0.717, 1.165) is 52.8 Å². The van der Waals surface area contributed by atoms with Gasteiger partial charge in [-0.05, 0) is 26.7 Å². The smallest absolute Gasteiger partial charge is 0.251 e. The van der Waals surface area contributed by atoms with Crippen molar-refractivity contribution < 1.29 is 0 Å². The Kier molecular flexibility index (Phi) is 3.64. The Balaban J connectivity index is 1.64. The van der Waals surface area contributed by atoms with Gasteiger partial charge in [-0.1, -0.05) is 11.3 Å². The van der Waals surface area contributed by atoms with Gasteiger partial charge in [0.1, 0.15) is 5.82 Å². The number of hydrogen-bond acceptors (Lipinski definition) is 6. The lowest BCUT2D eigenvalue weighted by Gasteiger charge is -2.32. The maximum Gasteiger partial charge on any atom is 0.251 e. The molecule has 1 atom stereocenters. The van der Waals surface area contributed by atoms with Crippen LogP contribution in [0.1, 0.15) is 36.0 Å². The molecule has 0 aliphatic carbocycles. The molecule has 0 amide bonds. The van der Waals surface area contributed by atoms with Crippen LogP contribution >= 0.6 is 11.3 Å². The van der Waals surface area contributed by atoms with Gasteiger partial charge in [0, 0.05) is 32.1 Å². The average Bonchev–Trinajstić information content (AvgIpc) is 3.09. The summed E-state index contributed by atoms with van der Waals surface area (Å²) in [4.78, 5) is 26.1. The summed E-state index contributed by atoms with van der Waals surface area (Å²) in [6.07, 6.45) is 2.13. The lowest BCUT2D eigenvalue weighted by atomic mass is 9.95. The number of nitrogens with one attached hydrogen (secondary N) is 1. The van der Waals surface area contributed by atoms with Crippen LogP contribution in [0.3, 0.4) is 0 Å². The third-order valence-electron chi connectivity index (χ3n) is 4.52. The van der Waals surface area contributed by atoms with Crippen molar-refractivity contribution in [2.24, 2.45) is 7.05 Å². The monoisotopic (exact) mass is 344 g/mol. The van der Waals surface area contributed by atoms with Crippen LogP contribution in [-0.4, -0.2) is 37.8 Å². The second-order valence-electron chi connectivity index (χ2n) is 6.40. The molecule has 8 heteroatoms. The van der Waals surface area contributed by atoms with Gasteiger partial charge in [0.15, 0.2) is 10.8 Å². The summed E-state index contributed by atoms with van der Waals surface area (Å²) in [6, 6.07) is 1.63. The molecule has 126 valence electrons. The van der Waals surface area contributed by atoms with Crippen LogP contribution in [0.4, 0.5) is 5.13 Å². The second kappa shape index (κ2) is 5.70. The van der Waals surface area contributed by atoms with E-state index >= 15 is 0 Å². The molecule has 3 aromatic heterocycles. The molecule has 1 unspecified atom stereocenters. The van der Waals surface area contributed by atoms with Crippen LogP contribution in [0.25, 0.3) is 10.3 Å². The molecule has 0 spiro atoms. The summed E-state index contributed by atoms with van der Waals surface area (Å²) in [7, 11) is 1.93. The Morgan fingerprint density at radius 2 is 2.17 bits per heavy atom. The molecule has 0 aromatic carbocycles.